The van der Waals surface area contributed by atoms with Crippen molar-refractivity contribution in [1.29, 1.82) is 0 Å². The molecular weight excluding hydrogens is 344 g/mol. The summed E-state index contributed by atoms with van der Waals surface area (Å²) in [5.41, 5.74) is 5.64. The van der Waals surface area contributed by atoms with Crippen molar-refractivity contribution in [2.75, 3.05) is 26.2 Å². The Labute approximate surface area is 129 Å². The lowest BCUT2D eigenvalue weighted by atomic mass is 10.3. The van der Waals surface area contributed by atoms with Gasteiger partial charge in [0.15, 0.2) is 0 Å². The number of halogens is 1. The van der Waals surface area contributed by atoms with Crippen LogP contribution in [0.4, 0.5) is 0 Å². The number of nitrogens with two attached hydrogens (primary N) is 1. The Morgan fingerprint density at radius 2 is 2.35 bits per heavy atom. The number of hydrogen-bond donors (Lipinski definition) is 1. The van der Waals surface area contributed by atoms with Gasteiger partial charge in [-0.15, -0.1) is 21.5 Å². The van der Waals surface area contributed by atoms with Gasteiger partial charge in [0, 0.05) is 19.6 Å². The zero-order valence-corrected chi connectivity index (χ0v) is 13.2. The fraction of sp³-hybridized carbons (Fsp3) is 0.500. The van der Waals surface area contributed by atoms with Crippen molar-refractivity contribution in [2.24, 2.45) is 5.73 Å². The Morgan fingerprint density at radius 1 is 1.45 bits per heavy atom. The summed E-state index contributed by atoms with van der Waals surface area (Å²) in [6.45, 7) is 3.53. The molecule has 6 nitrogen and oxygen atoms in total. The normalized spacial score (nSPS) is 20.4. The number of thiophene rings is 1. The second-order valence-electron chi connectivity index (χ2n) is 4.57. The van der Waals surface area contributed by atoms with Crippen LogP contribution in [-0.2, 0) is 11.3 Å². The number of hydrogen-bond acceptors (Lipinski definition) is 7. The maximum absolute atomic E-state index is 5.71. The van der Waals surface area contributed by atoms with Gasteiger partial charge in [-0.1, -0.05) is 0 Å². The summed E-state index contributed by atoms with van der Waals surface area (Å²) in [5, 5.41) is 8.20. The van der Waals surface area contributed by atoms with Crippen molar-refractivity contribution in [3.63, 3.8) is 0 Å². The van der Waals surface area contributed by atoms with E-state index in [1.807, 2.05) is 12.1 Å². The van der Waals surface area contributed by atoms with Crippen molar-refractivity contribution < 1.29 is 9.15 Å². The number of nitrogens with zero attached hydrogens (tertiary/aromatic N) is 3. The SMILES string of the molecule is NCC1CN(Cc2nnc(-c3ccc(Br)s3)o2)CCO1. The minimum atomic E-state index is 0.0967. The van der Waals surface area contributed by atoms with Crippen LogP contribution in [0.5, 0.6) is 0 Å². The van der Waals surface area contributed by atoms with Crippen molar-refractivity contribution in [2.45, 2.75) is 12.6 Å². The lowest BCUT2D eigenvalue weighted by molar-refractivity contribution is -0.0283. The summed E-state index contributed by atoms with van der Waals surface area (Å²) in [7, 11) is 0. The van der Waals surface area contributed by atoms with Gasteiger partial charge < -0.3 is 14.9 Å². The minimum Gasteiger partial charge on any atom is -0.419 e. The van der Waals surface area contributed by atoms with E-state index in [1.165, 1.54) is 0 Å². The van der Waals surface area contributed by atoms with E-state index >= 15 is 0 Å². The standard InChI is InChI=1S/C12H15BrN4O2S/c13-10-2-1-9(20-10)12-16-15-11(19-12)7-17-3-4-18-8(5-14)6-17/h1-2,8H,3-7,14H2. The Morgan fingerprint density at radius 3 is 3.10 bits per heavy atom. The van der Waals surface area contributed by atoms with Crippen molar-refractivity contribution in [3.8, 4) is 10.8 Å². The number of rotatable bonds is 4. The molecule has 2 aromatic heterocycles. The van der Waals surface area contributed by atoms with Gasteiger partial charge in [-0.25, -0.2) is 0 Å². The molecule has 0 amide bonds. The van der Waals surface area contributed by atoms with E-state index in [4.69, 9.17) is 14.9 Å². The van der Waals surface area contributed by atoms with Crippen LogP contribution < -0.4 is 5.73 Å². The van der Waals surface area contributed by atoms with E-state index in [-0.39, 0.29) is 6.10 Å². The van der Waals surface area contributed by atoms with Crippen LogP contribution in [0.25, 0.3) is 10.8 Å². The van der Waals surface area contributed by atoms with Crippen LogP contribution in [0.1, 0.15) is 5.89 Å². The molecule has 1 atom stereocenters. The highest BCUT2D eigenvalue weighted by molar-refractivity contribution is 9.11. The zero-order chi connectivity index (χ0) is 13.9. The van der Waals surface area contributed by atoms with Gasteiger partial charge in [-0.2, -0.15) is 0 Å². The van der Waals surface area contributed by atoms with Crippen molar-refractivity contribution in [3.05, 3.63) is 21.8 Å². The quantitative estimate of drug-likeness (QED) is 0.896. The first-order chi connectivity index (χ1) is 9.74. The van der Waals surface area contributed by atoms with E-state index in [0.29, 0.717) is 31.5 Å². The van der Waals surface area contributed by atoms with Crippen LogP contribution in [0, 0.1) is 0 Å². The smallest absolute Gasteiger partial charge is 0.257 e. The van der Waals surface area contributed by atoms with E-state index in [0.717, 1.165) is 21.8 Å². The summed E-state index contributed by atoms with van der Waals surface area (Å²) < 4.78 is 12.3. The monoisotopic (exact) mass is 358 g/mol. The predicted molar refractivity (Wildman–Crippen MR) is 79.4 cm³/mol. The molecule has 0 saturated carbocycles. The third-order valence-electron chi connectivity index (χ3n) is 3.10. The topological polar surface area (TPSA) is 77.4 Å². The maximum atomic E-state index is 5.71. The molecule has 1 aliphatic rings. The molecule has 0 radical (unpaired) electrons. The number of morpholine rings is 1. The van der Waals surface area contributed by atoms with Crippen LogP contribution >= 0.6 is 27.3 Å². The molecule has 108 valence electrons. The molecule has 1 saturated heterocycles. The fourth-order valence-corrected chi connectivity index (χ4v) is 3.41. The van der Waals surface area contributed by atoms with Gasteiger partial charge in [-0.05, 0) is 28.1 Å². The molecule has 20 heavy (non-hydrogen) atoms. The maximum Gasteiger partial charge on any atom is 0.257 e. The highest BCUT2D eigenvalue weighted by Crippen LogP contribution is 2.30. The number of aromatic nitrogens is 2. The van der Waals surface area contributed by atoms with Crippen LogP contribution in [0.15, 0.2) is 20.3 Å². The number of ether oxygens (including phenoxy) is 1. The third-order valence-corrected chi connectivity index (χ3v) is 4.71. The fourth-order valence-electron chi connectivity index (χ4n) is 2.10. The second kappa shape index (κ2) is 6.31. The Bertz CT molecular complexity index is 573. The lowest BCUT2D eigenvalue weighted by Crippen LogP contribution is -2.45. The second-order valence-corrected chi connectivity index (χ2v) is 7.03. The molecule has 3 heterocycles. The summed E-state index contributed by atoms with van der Waals surface area (Å²) in [4.78, 5) is 3.19. The van der Waals surface area contributed by atoms with Crippen molar-refractivity contribution >= 4 is 27.3 Å². The summed E-state index contributed by atoms with van der Waals surface area (Å²) >= 11 is 5.00. The van der Waals surface area contributed by atoms with Gasteiger partial charge >= 0.3 is 0 Å². The first-order valence-electron chi connectivity index (χ1n) is 6.36. The van der Waals surface area contributed by atoms with Crippen molar-refractivity contribution in [1.82, 2.24) is 15.1 Å². The molecule has 0 aromatic carbocycles. The third kappa shape index (κ3) is 3.26. The first kappa shape index (κ1) is 14.2. The molecular formula is C12H15BrN4O2S. The minimum absolute atomic E-state index is 0.0967. The van der Waals surface area contributed by atoms with Crippen LogP contribution in [0.2, 0.25) is 0 Å². The van der Waals surface area contributed by atoms with Gasteiger partial charge in [-0.3, -0.25) is 4.90 Å². The Kier molecular flexibility index (Phi) is 4.47. The molecule has 0 aliphatic carbocycles. The molecule has 8 heteroatoms. The molecule has 2 aromatic rings. The molecule has 0 spiro atoms. The van der Waals surface area contributed by atoms with Gasteiger partial charge in [0.1, 0.15) is 0 Å². The average Bonchev–Trinajstić information content (AvgIpc) is 3.08. The largest absolute Gasteiger partial charge is 0.419 e. The molecule has 0 bridgehead atoms. The summed E-state index contributed by atoms with van der Waals surface area (Å²) in [6.07, 6.45) is 0.0967. The highest BCUT2D eigenvalue weighted by Gasteiger charge is 2.21. The highest BCUT2D eigenvalue weighted by atomic mass is 79.9. The summed E-state index contributed by atoms with van der Waals surface area (Å²) in [5.74, 6) is 1.20. The predicted octanol–water partition coefficient (Wildman–Crippen LogP) is 1.72. The zero-order valence-electron chi connectivity index (χ0n) is 10.8. The van der Waals surface area contributed by atoms with Crippen LogP contribution in [0.3, 0.4) is 0 Å². The van der Waals surface area contributed by atoms with Crippen LogP contribution in [-0.4, -0.2) is 47.4 Å². The Balaban J connectivity index is 1.65. The molecule has 3 rings (SSSR count). The van der Waals surface area contributed by atoms with Gasteiger partial charge in [0.05, 0.1) is 27.9 Å². The van der Waals surface area contributed by atoms with E-state index in [9.17, 15) is 0 Å². The molecule has 1 unspecified atom stereocenters. The van der Waals surface area contributed by atoms with E-state index in [1.54, 1.807) is 11.3 Å². The average molecular weight is 359 g/mol. The summed E-state index contributed by atoms with van der Waals surface area (Å²) in [6, 6.07) is 3.93. The molecule has 1 aliphatic heterocycles. The first-order valence-corrected chi connectivity index (χ1v) is 7.97. The lowest BCUT2D eigenvalue weighted by Gasteiger charge is -2.31. The van der Waals surface area contributed by atoms with E-state index < -0.39 is 0 Å². The van der Waals surface area contributed by atoms with Gasteiger partial charge in [0.25, 0.3) is 5.89 Å². The molecule has 2 N–H and O–H groups in total. The van der Waals surface area contributed by atoms with E-state index in [2.05, 4.69) is 31.0 Å². The Hall–Kier alpha value is -0.800. The molecule has 1 fully saturated rings. The van der Waals surface area contributed by atoms with Gasteiger partial charge in [0.2, 0.25) is 5.89 Å².